The monoisotopic (exact) mass is 269 g/mol. The fourth-order valence-corrected chi connectivity index (χ4v) is 3.14. The van der Waals surface area contributed by atoms with Crippen molar-refractivity contribution in [2.45, 2.75) is 32.4 Å². The molecular formula is C12H19N3O2S. The molecule has 1 aromatic rings. The van der Waals surface area contributed by atoms with E-state index >= 15 is 0 Å². The molecule has 3 N–H and O–H groups in total. The molecule has 1 fully saturated rings. The predicted molar refractivity (Wildman–Crippen MR) is 72.0 cm³/mol. The molecule has 0 unspecified atom stereocenters. The second-order valence-electron chi connectivity index (χ2n) is 4.56. The van der Waals surface area contributed by atoms with Crippen LogP contribution < -0.4 is 10.5 Å². The van der Waals surface area contributed by atoms with Gasteiger partial charge < -0.3 is 5.73 Å². The Morgan fingerprint density at radius 3 is 2.44 bits per heavy atom. The molecule has 2 rings (SSSR count). The molecule has 100 valence electrons. The summed E-state index contributed by atoms with van der Waals surface area (Å²) in [5, 5.41) is 0. The fourth-order valence-electron chi connectivity index (χ4n) is 1.68. The number of anilines is 1. The maximum Gasteiger partial charge on any atom is 0.279 e. The summed E-state index contributed by atoms with van der Waals surface area (Å²) in [5.41, 5.74) is 7.22. The number of benzene rings is 1. The molecule has 0 atom stereocenters. The molecule has 0 spiro atoms. The van der Waals surface area contributed by atoms with Gasteiger partial charge in [0.25, 0.3) is 10.2 Å². The Labute approximate surface area is 108 Å². The largest absolute Gasteiger partial charge is 0.399 e. The molecule has 0 aromatic heterocycles. The highest BCUT2D eigenvalue weighted by Gasteiger charge is 2.30. The van der Waals surface area contributed by atoms with Crippen LogP contribution in [0.4, 0.5) is 5.69 Å². The van der Waals surface area contributed by atoms with Gasteiger partial charge in [-0.3, -0.25) is 0 Å². The van der Waals surface area contributed by atoms with E-state index in [0.717, 1.165) is 18.4 Å². The van der Waals surface area contributed by atoms with Crippen LogP contribution in [0, 0.1) is 0 Å². The van der Waals surface area contributed by atoms with Gasteiger partial charge in [-0.1, -0.05) is 19.1 Å². The minimum atomic E-state index is -3.37. The number of hydrogen-bond acceptors (Lipinski definition) is 3. The molecule has 5 nitrogen and oxygen atoms in total. The standard InChI is InChI=1S/C12H19N3O2S/c1-2-15(18(16,17)14-12-7-8-12)9-10-3-5-11(13)6-4-10/h3-6,12,14H,2,7-9,13H2,1H3. The summed E-state index contributed by atoms with van der Waals surface area (Å²) < 4.78 is 28.3. The van der Waals surface area contributed by atoms with Gasteiger partial charge in [-0.15, -0.1) is 0 Å². The van der Waals surface area contributed by atoms with Crippen LogP contribution in [-0.4, -0.2) is 25.3 Å². The van der Waals surface area contributed by atoms with Crippen LogP contribution in [0.5, 0.6) is 0 Å². The molecule has 0 radical (unpaired) electrons. The van der Waals surface area contributed by atoms with Crippen molar-refractivity contribution in [3.05, 3.63) is 29.8 Å². The summed E-state index contributed by atoms with van der Waals surface area (Å²) in [6.07, 6.45) is 1.89. The zero-order valence-electron chi connectivity index (χ0n) is 10.5. The zero-order chi connectivity index (χ0) is 13.2. The van der Waals surface area contributed by atoms with Gasteiger partial charge in [-0.25, -0.2) is 0 Å². The van der Waals surface area contributed by atoms with Gasteiger partial charge in [-0.2, -0.15) is 17.4 Å². The predicted octanol–water partition coefficient (Wildman–Crippen LogP) is 1.09. The van der Waals surface area contributed by atoms with Gasteiger partial charge in [0.1, 0.15) is 0 Å². The number of nitrogen functional groups attached to an aromatic ring is 1. The van der Waals surface area contributed by atoms with Gasteiger partial charge in [-0.05, 0) is 30.5 Å². The van der Waals surface area contributed by atoms with Crippen molar-refractivity contribution in [2.24, 2.45) is 0 Å². The molecule has 1 aliphatic rings. The highest BCUT2D eigenvalue weighted by Crippen LogP contribution is 2.21. The molecule has 0 heterocycles. The van der Waals surface area contributed by atoms with Crippen LogP contribution in [0.1, 0.15) is 25.3 Å². The van der Waals surface area contributed by atoms with Crippen LogP contribution >= 0.6 is 0 Å². The lowest BCUT2D eigenvalue weighted by atomic mass is 10.2. The van der Waals surface area contributed by atoms with E-state index in [0.29, 0.717) is 18.8 Å². The molecular weight excluding hydrogens is 250 g/mol. The Morgan fingerprint density at radius 2 is 1.94 bits per heavy atom. The summed E-state index contributed by atoms with van der Waals surface area (Å²) in [6, 6.07) is 7.40. The molecule has 0 saturated heterocycles. The minimum Gasteiger partial charge on any atom is -0.399 e. The summed E-state index contributed by atoms with van der Waals surface area (Å²) in [5.74, 6) is 0. The van der Waals surface area contributed by atoms with E-state index in [1.807, 2.05) is 19.1 Å². The Hall–Kier alpha value is -1.11. The molecule has 1 aliphatic carbocycles. The van der Waals surface area contributed by atoms with Gasteiger partial charge in [0.2, 0.25) is 0 Å². The average Bonchev–Trinajstić information content (AvgIpc) is 3.11. The van der Waals surface area contributed by atoms with E-state index in [4.69, 9.17) is 5.73 Å². The van der Waals surface area contributed by atoms with E-state index in [9.17, 15) is 8.42 Å². The second kappa shape index (κ2) is 5.26. The number of nitrogens with zero attached hydrogens (tertiary/aromatic N) is 1. The lowest BCUT2D eigenvalue weighted by Crippen LogP contribution is -2.41. The zero-order valence-corrected chi connectivity index (χ0v) is 11.3. The SMILES string of the molecule is CCN(Cc1ccc(N)cc1)S(=O)(=O)NC1CC1. The number of nitrogens with one attached hydrogen (secondary N) is 1. The lowest BCUT2D eigenvalue weighted by Gasteiger charge is -2.20. The van der Waals surface area contributed by atoms with Crippen LogP contribution in [0.3, 0.4) is 0 Å². The smallest absolute Gasteiger partial charge is 0.279 e. The summed E-state index contributed by atoms with van der Waals surface area (Å²) in [7, 11) is -3.37. The van der Waals surface area contributed by atoms with Gasteiger partial charge in [0.05, 0.1) is 0 Å². The van der Waals surface area contributed by atoms with Gasteiger partial charge >= 0.3 is 0 Å². The van der Waals surface area contributed by atoms with Gasteiger partial charge in [0.15, 0.2) is 0 Å². The molecule has 18 heavy (non-hydrogen) atoms. The molecule has 0 amide bonds. The van der Waals surface area contributed by atoms with Crippen LogP contribution in [0.15, 0.2) is 24.3 Å². The van der Waals surface area contributed by atoms with Crippen molar-refractivity contribution < 1.29 is 8.42 Å². The van der Waals surface area contributed by atoms with E-state index in [-0.39, 0.29) is 6.04 Å². The number of nitrogens with two attached hydrogens (primary N) is 1. The van der Waals surface area contributed by atoms with Crippen molar-refractivity contribution in [3.63, 3.8) is 0 Å². The van der Waals surface area contributed by atoms with Crippen LogP contribution in [0.2, 0.25) is 0 Å². The highest BCUT2D eigenvalue weighted by atomic mass is 32.2. The molecule has 1 saturated carbocycles. The second-order valence-corrected chi connectivity index (χ2v) is 6.27. The Morgan fingerprint density at radius 1 is 1.33 bits per heavy atom. The first-order valence-corrected chi connectivity index (χ1v) is 7.57. The van der Waals surface area contributed by atoms with E-state index in [1.165, 1.54) is 4.31 Å². The number of hydrogen-bond donors (Lipinski definition) is 2. The lowest BCUT2D eigenvalue weighted by molar-refractivity contribution is 0.414. The topological polar surface area (TPSA) is 75.4 Å². The van der Waals surface area contributed by atoms with Gasteiger partial charge in [0, 0.05) is 24.8 Å². The molecule has 0 bridgehead atoms. The minimum absolute atomic E-state index is 0.135. The molecule has 0 aliphatic heterocycles. The number of rotatable bonds is 6. The summed E-state index contributed by atoms with van der Waals surface area (Å²) >= 11 is 0. The quantitative estimate of drug-likeness (QED) is 0.759. The average molecular weight is 269 g/mol. The van der Waals surface area contributed by atoms with Crippen molar-refractivity contribution >= 4 is 15.9 Å². The Bertz CT molecular complexity index is 495. The van der Waals surface area contributed by atoms with Crippen molar-refractivity contribution in [1.82, 2.24) is 9.03 Å². The van der Waals surface area contributed by atoms with E-state index < -0.39 is 10.2 Å². The first kappa shape index (κ1) is 13.3. The van der Waals surface area contributed by atoms with E-state index in [2.05, 4.69) is 4.72 Å². The summed E-state index contributed by atoms with van der Waals surface area (Å²) in [4.78, 5) is 0. The third kappa shape index (κ3) is 3.44. The Kier molecular flexibility index (Phi) is 3.89. The van der Waals surface area contributed by atoms with Crippen molar-refractivity contribution in [3.8, 4) is 0 Å². The first-order valence-electron chi connectivity index (χ1n) is 6.13. The third-order valence-corrected chi connectivity index (χ3v) is 4.62. The van der Waals surface area contributed by atoms with Crippen LogP contribution in [0.25, 0.3) is 0 Å². The third-order valence-electron chi connectivity index (χ3n) is 2.92. The maximum absolute atomic E-state index is 12.1. The molecule has 6 heteroatoms. The molecule has 1 aromatic carbocycles. The maximum atomic E-state index is 12.1. The normalized spacial score (nSPS) is 16.1. The highest BCUT2D eigenvalue weighted by molar-refractivity contribution is 7.87. The summed E-state index contributed by atoms with van der Waals surface area (Å²) in [6.45, 7) is 2.66. The van der Waals surface area contributed by atoms with Crippen molar-refractivity contribution in [1.29, 1.82) is 0 Å². The first-order chi connectivity index (χ1) is 8.51. The van der Waals surface area contributed by atoms with Crippen LogP contribution in [-0.2, 0) is 16.8 Å². The Balaban J connectivity index is 2.06. The van der Waals surface area contributed by atoms with Crippen molar-refractivity contribution in [2.75, 3.05) is 12.3 Å². The fraction of sp³-hybridized carbons (Fsp3) is 0.500. The van der Waals surface area contributed by atoms with E-state index in [1.54, 1.807) is 12.1 Å².